The third kappa shape index (κ3) is 7.08. The zero-order chi connectivity index (χ0) is 12.5. The first-order valence-corrected chi connectivity index (χ1v) is 6.49. The van der Waals surface area contributed by atoms with Crippen molar-refractivity contribution in [3.8, 4) is 0 Å². The van der Waals surface area contributed by atoms with Crippen LogP contribution >= 0.6 is 0 Å². The summed E-state index contributed by atoms with van der Waals surface area (Å²) in [5, 5.41) is 3.44. The Morgan fingerprint density at radius 3 is 2.82 bits per heavy atom. The lowest BCUT2D eigenvalue weighted by molar-refractivity contribution is 0.316. The Balaban J connectivity index is 2.07. The summed E-state index contributed by atoms with van der Waals surface area (Å²) in [5.74, 6) is 0. The quantitative estimate of drug-likeness (QED) is 0.701. The number of pyridine rings is 1. The van der Waals surface area contributed by atoms with Crippen LogP contribution in [0.15, 0.2) is 24.5 Å². The van der Waals surface area contributed by atoms with Gasteiger partial charge < -0.3 is 10.2 Å². The van der Waals surface area contributed by atoms with E-state index in [2.05, 4.69) is 42.2 Å². The Bertz CT molecular complexity index is 285. The van der Waals surface area contributed by atoms with E-state index in [1.54, 1.807) is 0 Å². The first-order chi connectivity index (χ1) is 8.18. The van der Waals surface area contributed by atoms with Gasteiger partial charge in [-0.1, -0.05) is 19.9 Å². The summed E-state index contributed by atoms with van der Waals surface area (Å²) in [6.07, 6.45) is 6.25. The SMILES string of the molecule is CC(C)NCCCCN(C)Cc1cccnc1. The van der Waals surface area contributed by atoms with Crippen LogP contribution in [0.25, 0.3) is 0 Å². The van der Waals surface area contributed by atoms with Crippen molar-refractivity contribution in [2.24, 2.45) is 0 Å². The number of rotatable bonds is 8. The highest BCUT2D eigenvalue weighted by Gasteiger charge is 2.00. The van der Waals surface area contributed by atoms with Crippen LogP contribution in [-0.2, 0) is 6.54 Å². The summed E-state index contributed by atoms with van der Waals surface area (Å²) >= 11 is 0. The fourth-order valence-electron chi connectivity index (χ4n) is 1.78. The number of nitrogens with zero attached hydrogens (tertiary/aromatic N) is 2. The second kappa shape index (κ2) is 8.20. The average Bonchev–Trinajstić information content (AvgIpc) is 2.29. The van der Waals surface area contributed by atoms with Gasteiger partial charge in [-0.05, 0) is 44.6 Å². The molecular formula is C14H25N3. The van der Waals surface area contributed by atoms with Gasteiger partial charge in [0, 0.05) is 25.0 Å². The van der Waals surface area contributed by atoms with Crippen molar-refractivity contribution in [1.82, 2.24) is 15.2 Å². The molecule has 0 spiro atoms. The van der Waals surface area contributed by atoms with Crippen molar-refractivity contribution >= 4 is 0 Å². The molecule has 0 fully saturated rings. The van der Waals surface area contributed by atoms with Crippen molar-refractivity contribution in [1.29, 1.82) is 0 Å². The summed E-state index contributed by atoms with van der Waals surface area (Å²) in [4.78, 5) is 6.48. The monoisotopic (exact) mass is 235 g/mol. The van der Waals surface area contributed by atoms with Gasteiger partial charge in [0.2, 0.25) is 0 Å². The van der Waals surface area contributed by atoms with Gasteiger partial charge in [0.1, 0.15) is 0 Å². The Morgan fingerprint density at radius 2 is 2.18 bits per heavy atom. The minimum absolute atomic E-state index is 0.600. The highest BCUT2D eigenvalue weighted by atomic mass is 15.1. The maximum Gasteiger partial charge on any atom is 0.0312 e. The molecule has 3 heteroatoms. The fraction of sp³-hybridized carbons (Fsp3) is 0.643. The molecule has 0 saturated heterocycles. The number of nitrogens with one attached hydrogen (secondary N) is 1. The van der Waals surface area contributed by atoms with Gasteiger partial charge in [-0.15, -0.1) is 0 Å². The van der Waals surface area contributed by atoms with Gasteiger partial charge in [-0.25, -0.2) is 0 Å². The molecule has 0 amide bonds. The number of unbranched alkanes of at least 4 members (excludes halogenated alkanes) is 1. The maximum absolute atomic E-state index is 4.13. The third-order valence-corrected chi connectivity index (χ3v) is 2.69. The van der Waals surface area contributed by atoms with Gasteiger partial charge >= 0.3 is 0 Å². The molecule has 1 heterocycles. The molecule has 0 aliphatic carbocycles. The van der Waals surface area contributed by atoms with E-state index in [0.717, 1.165) is 19.6 Å². The fourth-order valence-corrected chi connectivity index (χ4v) is 1.78. The molecule has 0 aliphatic rings. The van der Waals surface area contributed by atoms with Crippen molar-refractivity contribution in [2.75, 3.05) is 20.1 Å². The molecule has 1 aromatic heterocycles. The number of aromatic nitrogens is 1. The molecule has 0 radical (unpaired) electrons. The largest absolute Gasteiger partial charge is 0.315 e. The smallest absolute Gasteiger partial charge is 0.0312 e. The number of hydrogen-bond acceptors (Lipinski definition) is 3. The molecule has 1 N–H and O–H groups in total. The van der Waals surface area contributed by atoms with Gasteiger partial charge in [0.25, 0.3) is 0 Å². The summed E-state index contributed by atoms with van der Waals surface area (Å²) in [6, 6.07) is 4.72. The Morgan fingerprint density at radius 1 is 1.35 bits per heavy atom. The van der Waals surface area contributed by atoms with Crippen molar-refractivity contribution in [2.45, 2.75) is 39.3 Å². The average molecular weight is 235 g/mol. The molecule has 3 nitrogen and oxygen atoms in total. The van der Waals surface area contributed by atoms with E-state index in [1.165, 1.54) is 18.4 Å². The zero-order valence-corrected chi connectivity index (χ0v) is 11.3. The normalized spacial score (nSPS) is 11.4. The summed E-state index contributed by atoms with van der Waals surface area (Å²) in [5.41, 5.74) is 1.29. The second-order valence-corrected chi connectivity index (χ2v) is 4.91. The van der Waals surface area contributed by atoms with E-state index >= 15 is 0 Å². The van der Waals surface area contributed by atoms with Crippen LogP contribution in [0.4, 0.5) is 0 Å². The highest BCUT2D eigenvalue weighted by Crippen LogP contribution is 2.02. The Kier molecular flexibility index (Phi) is 6.82. The molecule has 0 unspecified atom stereocenters. The summed E-state index contributed by atoms with van der Waals surface area (Å²) < 4.78 is 0. The molecule has 0 bridgehead atoms. The van der Waals surface area contributed by atoms with Crippen LogP contribution in [0.5, 0.6) is 0 Å². The highest BCUT2D eigenvalue weighted by molar-refractivity contribution is 5.07. The van der Waals surface area contributed by atoms with Crippen molar-refractivity contribution in [3.63, 3.8) is 0 Å². The van der Waals surface area contributed by atoms with E-state index in [0.29, 0.717) is 6.04 Å². The van der Waals surface area contributed by atoms with E-state index < -0.39 is 0 Å². The summed E-state index contributed by atoms with van der Waals surface area (Å²) in [7, 11) is 2.17. The minimum Gasteiger partial charge on any atom is -0.315 e. The standard InChI is InChI=1S/C14H25N3/c1-13(2)16-9-4-5-10-17(3)12-14-7-6-8-15-11-14/h6-8,11,13,16H,4-5,9-10,12H2,1-3H3. The minimum atomic E-state index is 0.600. The molecule has 1 aromatic rings. The van der Waals surface area contributed by atoms with Crippen molar-refractivity contribution in [3.05, 3.63) is 30.1 Å². The predicted octanol–water partition coefficient (Wildman–Crippen LogP) is 2.29. The lowest BCUT2D eigenvalue weighted by Crippen LogP contribution is -2.25. The van der Waals surface area contributed by atoms with Gasteiger partial charge in [0.15, 0.2) is 0 Å². The first-order valence-electron chi connectivity index (χ1n) is 6.49. The van der Waals surface area contributed by atoms with E-state index in [4.69, 9.17) is 0 Å². The van der Waals surface area contributed by atoms with Crippen LogP contribution in [0, 0.1) is 0 Å². The van der Waals surface area contributed by atoms with Gasteiger partial charge in [-0.2, -0.15) is 0 Å². The lowest BCUT2D eigenvalue weighted by atomic mass is 10.2. The summed E-state index contributed by atoms with van der Waals surface area (Å²) in [6.45, 7) is 7.64. The molecular weight excluding hydrogens is 210 g/mol. The van der Waals surface area contributed by atoms with E-state index in [1.807, 2.05) is 18.5 Å². The molecule has 0 aliphatic heterocycles. The van der Waals surface area contributed by atoms with Gasteiger partial charge in [-0.3, -0.25) is 4.98 Å². The second-order valence-electron chi connectivity index (χ2n) is 4.91. The lowest BCUT2D eigenvalue weighted by Gasteiger charge is -2.16. The van der Waals surface area contributed by atoms with Crippen LogP contribution < -0.4 is 5.32 Å². The third-order valence-electron chi connectivity index (χ3n) is 2.69. The van der Waals surface area contributed by atoms with Crippen molar-refractivity contribution < 1.29 is 0 Å². The molecule has 96 valence electrons. The zero-order valence-electron chi connectivity index (χ0n) is 11.3. The topological polar surface area (TPSA) is 28.2 Å². The van der Waals surface area contributed by atoms with E-state index in [-0.39, 0.29) is 0 Å². The first kappa shape index (κ1) is 14.1. The molecule has 0 saturated carbocycles. The van der Waals surface area contributed by atoms with Crippen LogP contribution in [0.3, 0.4) is 0 Å². The molecule has 17 heavy (non-hydrogen) atoms. The Labute approximate surface area is 105 Å². The molecule has 0 aromatic carbocycles. The molecule has 0 atom stereocenters. The van der Waals surface area contributed by atoms with Gasteiger partial charge in [0.05, 0.1) is 0 Å². The number of hydrogen-bond donors (Lipinski definition) is 1. The van der Waals surface area contributed by atoms with Crippen LogP contribution in [0.2, 0.25) is 0 Å². The Hall–Kier alpha value is -0.930. The molecule has 1 rings (SSSR count). The van der Waals surface area contributed by atoms with Crippen LogP contribution in [-0.4, -0.2) is 36.1 Å². The van der Waals surface area contributed by atoms with Crippen LogP contribution in [0.1, 0.15) is 32.3 Å². The maximum atomic E-state index is 4.13. The van der Waals surface area contributed by atoms with E-state index in [9.17, 15) is 0 Å². The predicted molar refractivity (Wildman–Crippen MR) is 72.9 cm³/mol.